The van der Waals surface area contributed by atoms with Gasteiger partial charge in [-0.2, -0.15) is 0 Å². The molecule has 0 amide bonds. The molecule has 6 heteroatoms. The minimum atomic E-state index is -0.772. The zero-order chi connectivity index (χ0) is 58.5. The van der Waals surface area contributed by atoms with Crippen LogP contribution in [0.25, 0.3) is 0 Å². The number of hydrogen-bond acceptors (Lipinski definition) is 6. The molecule has 0 aromatic rings. The Labute approximate surface area is 506 Å². The summed E-state index contributed by atoms with van der Waals surface area (Å²) in [6, 6.07) is 0. The summed E-state index contributed by atoms with van der Waals surface area (Å²) in [6.45, 7) is 6.70. The highest BCUT2D eigenvalue weighted by atomic mass is 16.6. The van der Waals surface area contributed by atoms with E-state index in [0.717, 1.165) is 70.6 Å². The molecule has 0 aromatic carbocycles. The van der Waals surface area contributed by atoms with E-state index in [1.807, 2.05) is 0 Å². The Hall–Kier alpha value is -2.37. The van der Waals surface area contributed by atoms with Crippen molar-refractivity contribution in [1.29, 1.82) is 0 Å². The summed E-state index contributed by atoms with van der Waals surface area (Å²) in [7, 11) is 0. The first-order valence-corrected chi connectivity index (χ1v) is 36.5. The zero-order valence-corrected chi connectivity index (χ0v) is 54.8. The van der Waals surface area contributed by atoms with Crippen LogP contribution >= 0.6 is 0 Å². The second kappa shape index (κ2) is 70.1. The Morgan fingerprint density at radius 2 is 0.444 bits per heavy atom. The van der Waals surface area contributed by atoms with Crippen LogP contribution in [0, 0.1) is 0 Å². The molecule has 0 saturated carbocycles. The molecule has 0 aliphatic carbocycles. The van der Waals surface area contributed by atoms with Crippen LogP contribution in [0.5, 0.6) is 0 Å². The molecule has 0 rings (SSSR count). The Balaban J connectivity index is 4.20. The van der Waals surface area contributed by atoms with Crippen LogP contribution in [-0.2, 0) is 28.6 Å². The van der Waals surface area contributed by atoms with Crippen LogP contribution in [0.3, 0.4) is 0 Å². The van der Waals surface area contributed by atoms with Crippen molar-refractivity contribution in [2.24, 2.45) is 0 Å². The SMILES string of the molecule is CCCCCCC/C=C\C/C=C\C/C=C\CCCCCCCCCCCCC(=O)OC(COC(=O)CCCCCCCCCCCCCC)COC(=O)CCCCCCCCCCCCCCCCCCCCCCCCCCCC. The van der Waals surface area contributed by atoms with E-state index in [-0.39, 0.29) is 31.1 Å². The van der Waals surface area contributed by atoms with Gasteiger partial charge in [-0.15, -0.1) is 0 Å². The Morgan fingerprint density at radius 1 is 0.247 bits per heavy atom. The smallest absolute Gasteiger partial charge is 0.306 e. The number of carbonyl (C=O) groups is 3. The fourth-order valence-corrected chi connectivity index (χ4v) is 11.2. The summed E-state index contributed by atoms with van der Waals surface area (Å²) in [5, 5.41) is 0. The lowest BCUT2D eigenvalue weighted by atomic mass is 10.0. The predicted octanol–water partition coefficient (Wildman–Crippen LogP) is 25.1. The zero-order valence-electron chi connectivity index (χ0n) is 54.8. The fourth-order valence-electron chi connectivity index (χ4n) is 11.2. The van der Waals surface area contributed by atoms with Gasteiger partial charge in [-0.3, -0.25) is 14.4 Å². The molecular weight excluding hydrogens is 997 g/mol. The molecule has 0 bridgehead atoms. The summed E-state index contributed by atoms with van der Waals surface area (Å²) in [6.07, 6.45) is 87.5. The van der Waals surface area contributed by atoms with E-state index in [9.17, 15) is 14.4 Å². The van der Waals surface area contributed by atoms with Gasteiger partial charge in [0.15, 0.2) is 6.10 Å². The normalized spacial score (nSPS) is 12.2. The highest BCUT2D eigenvalue weighted by molar-refractivity contribution is 5.71. The van der Waals surface area contributed by atoms with Crippen molar-refractivity contribution in [3.63, 3.8) is 0 Å². The molecule has 0 aromatic heterocycles. The van der Waals surface area contributed by atoms with Crippen LogP contribution in [0.2, 0.25) is 0 Å². The van der Waals surface area contributed by atoms with Gasteiger partial charge < -0.3 is 14.2 Å². The van der Waals surface area contributed by atoms with Gasteiger partial charge in [0.05, 0.1) is 0 Å². The molecule has 476 valence electrons. The number of allylic oxidation sites excluding steroid dienone is 6. The van der Waals surface area contributed by atoms with Gasteiger partial charge in [0.25, 0.3) is 0 Å². The average molecular weight is 1140 g/mol. The van der Waals surface area contributed by atoms with Gasteiger partial charge in [-0.25, -0.2) is 0 Å². The van der Waals surface area contributed by atoms with Crippen molar-refractivity contribution < 1.29 is 28.6 Å². The maximum atomic E-state index is 13.0. The quantitative estimate of drug-likeness (QED) is 0.0261. The van der Waals surface area contributed by atoms with Crippen LogP contribution < -0.4 is 0 Å². The first kappa shape index (κ1) is 78.6. The lowest BCUT2D eigenvalue weighted by Crippen LogP contribution is -2.30. The largest absolute Gasteiger partial charge is 0.462 e. The van der Waals surface area contributed by atoms with E-state index in [0.29, 0.717) is 19.3 Å². The molecule has 0 saturated heterocycles. The molecule has 6 nitrogen and oxygen atoms in total. The van der Waals surface area contributed by atoms with E-state index in [1.165, 1.54) is 295 Å². The number of carbonyl (C=O) groups excluding carboxylic acids is 3. The van der Waals surface area contributed by atoms with Crippen LogP contribution in [0.4, 0.5) is 0 Å². The van der Waals surface area contributed by atoms with Crippen molar-refractivity contribution in [3.8, 4) is 0 Å². The van der Waals surface area contributed by atoms with Gasteiger partial charge >= 0.3 is 17.9 Å². The van der Waals surface area contributed by atoms with Gasteiger partial charge in [0, 0.05) is 19.3 Å². The molecular formula is C75H140O6. The van der Waals surface area contributed by atoms with Crippen molar-refractivity contribution in [1.82, 2.24) is 0 Å². The topological polar surface area (TPSA) is 78.9 Å². The third-order valence-corrected chi connectivity index (χ3v) is 16.6. The Kier molecular flexibility index (Phi) is 68.1. The molecule has 0 heterocycles. The lowest BCUT2D eigenvalue weighted by molar-refractivity contribution is -0.167. The number of unbranched alkanes of at least 4 members (excludes halogenated alkanes) is 51. The van der Waals surface area contributed by atoms with Crippen LogP contribution in [0.15, 0.2) is 36.5 Å². The Bertz CT molecular complexity index is 1350. The molecule has 0 N–H and O–H groups in total. The third-order valence-electron chi connectivity index (χ3n) is 16.6. The number of rotatable bonds is 68. The fraction of sp³-hybridized carbons (Fsp3) is 0.880. The van der Waals surface area contributed by atoms with E-state index >= 15 is 0 Å². The van der Waals surface area contributed by atoms with Crippen LogP contribution in [0.1, 0.15) is 406 Å². The van der Waals surface area contributed by atoms with Gasteiger partial charge in [0.2, 0.25) is 0 Å². The highest BCUT2D eigenvalue weighted by Crippen LogP contribution is 2.19. The summed E-state index contributed by atoms with van der Waals surface area (Å²) >= 11 is 0. The van der Waals surface area contributed by atoms with Crippen LogP contribution in [-0.4, -0.2) is 37.2 Å². The molecule has 0 aliphatic heterocycles. The molecule has 0 aliphatic rings. The van der Waals surface area contributed by atoms with E-state index in [2.05, 4.69) is 57.2 Å². The maximum absolute atomic E-state index is 13.0. The second-order valence-corrected chi connectivity index (χ2v) is 24.9. The van der Waals surface area contributed by atoms with Crippen molar-refractivity contribution in [2.45, 2.75) is 412 Å². The number of hydrogen-bond donors (Lipinski definition) is 0. The van der Waals surface area contributed by atoms with Crippen molar-refractivity contribution in [3.05, 3.63) is 36.5 Å². The van der Waals surface area contributed by atoms with Gasteiger partial charge in [-0.05, 0) is 57.8 Å². The average Bonchev–Trinajstić information content (AvgIpc) is 3.47. The molecule has 1 unspecified atom stereocenters. The monoisotopic (exact) mass is 1140 g/mol. The minimum absolute atomic E-state index is 0.0676. The number of ether oxygens (including phenoxy) is 3. The molecule has 0 fully saturated rings. The summed E-state index contributed by atoms with van der Waals surface area (Å²) in [5.74, 6) is -0.841. The lowest BCUT2D eigenvalue weighted by Gasteiger charge is -2.18. The third kappa shape index (κ3) is 68.3. The van der Waals surface area contributed by atoms with E-state index in [1.54, 1.807) is 0 Å². The summed E-state index contributed by atoms with van der Waals surface area (Å²) in [4.78, 5) is 38.4. The van der Waals surface area contributed by atoms with Gasteiger partial charge in [0.1, 0.15) is 13.2 Å². The molecule has 81 heavy (non-hydrogen) atoms. The van der Waals surface area contributed by atoms with Gasteiger partial charge in [-0.1, -0.05) is 365 Å². The van der Waals surface area contributed by atoms with E-state index in [4.69, 9.17) is 14.2 Å². The first-order valence-electron chi connectivity index (χ1n) is 36.5. The van der Waals surface area contributed by atoms with Crippen molar-refractivity contribution >= 4 is 17.9 Å². The first-order chi connectivity index (χ1) is 40.0. The molecule has 0 spiro atoms. The standard InChI is InChI=1S/C75H140O6/c1-4-7-10-13-16-19-22-25-27-29-31-33-35-37-39-40-42-44-46-48-50-53-56-59-62-65-68-74(77)80-71-72(70-79-73(76)67-64-61-58-55-52-24-21-18-15-12-9-6-3)81-75(78)69-66-63-60-57-54-51-49-47-45-43-41-38-36-34-32-30-28-26-23-20-17-14-11-8-5-2/h23,26,30,32,36,38,72H,4-22,24-25,27-29,31,33-35,37,39-71H2,1-3H3/b26-23-,32-30-,38-36-. The molecule has 1 atom stereocenters. The number of esters is 3. The highest BCUT2D eigenvalue weighted by Gasteiger charge is 2.19. The summed E-state index contributed by atoms with van der Waals surface area (Å²) in [5.41, 5.74) is 0. The predicted molar refractivity (Wildman–Crippen MR) is 353 cm³/mol. The summed E-state index contributed by atoms with van der Waals surface area (Å²) < 4.78 is 17.0. The minimum Gasteiger partial charge on any atom is -0.462 e. The van der Waals surface area contributed by atoms with Crippen molar-refractivity contribution in [2.75, 3.05) is 13.2 Å². The second-order valence-electron chi connectivity index (χ2n) is 24.9. The Morgan fingerprint density at radius 3 is 0.691 bits per heavy atom. The molecule has 0 radical (unpaired) electrons. The maximum Gasteiger partial charge on any atom is 0.306 e. The van der Waals surface area contributed by atoms with E-state index < -0.39 is 6.10 Å².